The summed E-state index contributed by atoms with van der Waals surface area (Å²) in [5, 5.41) is 12.1. The van der Waals surface area contributed by atoms with Crippen molar-refractivity contribution in [1.29, 1.82) is 0 Å². The molecule has 0 aromatic carbocycles. The van der Waals surface area contributed by atoms with Crippen molar-refractivity contribution in [2.75, 3.05) is 6.54 Å². The summed E-state index contributed by atoms with van der Waals surface area (Å²) in [5.41, 5.74) is 4.83. The third kappa shape index (κ3) is 5.90. The minimum atomic E-state index is -0.846. The average Bonchev–Trinajstić information content (AvgIpc) is 2.39. The Labute approximate surface area is 122 Å². The molecule has 0 aliphatic carbocycles. The van der Waals surface area contributed by atoms with Crippen molar-refractivity contribution in [1.82, 2.24) is 5.32 Å². The second kappa shape index (κ2) is 8.95. The summed E-state index contributed by atoms with van der Waals surface area (Å²) in [6.45, 7) is 7.71. The normalized spacial score (nSPS) is 14.7. The van der Waals surface area contributed by atoms with E-state index in [-0.39, 0.29) is 24.4 Å². The molecule has 5 nitrogen and oxygen atoms in total. The summed E-state index contributed by atoms with van der Waals surface area (Å²) in [6, 6.07) is 0.158. The van der Waals surface area contributed by atoms with Crippen molar-refractivity contribution in [3.05, 3.63) is 0 Å². The molecule has 5 heteroatoms. The van der Waals surface area contributed by atoms with Crippen molar-refractivity contribution in [2.24, 2.45) is 17.1 Å². The number of nitrogens with two attached hydrogens (primary N) is 1. The molecule has 0 aliphatic rings. The fourth-order valence-corrected chi connectivity index (χ4v) is 2.19. The van der Waals surface area contributed by atoms with Gasteiger partial charge < -0.3 is 16.2 Å². The van der Waals surface area contributed by atoms with Crippen LogP contribution in [-0.2, 0) is 9.59 Å². The quantitative estimate of drug-likeness (QED) is 0.573. The Morgan fingerprint density at radius 1 is 1.20 bits per heavy atom. The molecular formula is C15H30N2O3. The first-order valence-electron chi connectivity index (χ1n) is 7.55. The lowest BCUT2D eigenvalue weighted by molar-refractivity contribution is -0.149. The Morgan fingerprint density at radius 3 is 2.15 bits per heavy atom. The number of nitrogens with one attached hydrogen (secondary N) is 1. The van der Waals surface area contributed by atoms with E-state index in [1.165, 1.54) is 0 Å². The van der Waals surface area contributed by atoms with Gasteiger partial charge in [0.15, 0.2) is 0 Å². The van der Waals surface area contributed by atoms with Gasteiger partial charge in [-0.15, -0.1) is 0 Å². The van der Waals surface area contributed by atoms with Crippen LogP contribution in [0.2, 0.25) is 0 Å². The van der Waals surface area contributed by atoms with E-state index in [0.29, 0.717) is 12.8 Å². The number of aliphatic carboxylic acids is 1. The van der Waals surface area contributed by atoms with E-state index in [0.717, 1.165) is 19.3 Å². The molecule has 0 saturated heterocycles. The van der Waals surface area contributed by atoms with Crippen molar-refractivity contribution in [2.45, 2.75) is 65.8 Å². The molecule has 0 spiro atoms. The van der Waals surface area contributed by atoms with Gasteiger partial charge in [-0.2, -0.15) is 0 Å². The largest absolute Gasteiger partial charge is 0.481 e. The van der Waals surface area contributed by atoms with E-state index < -0.39 is 11.4 Å². The third-order valence-corrected chi connectivity index (χ3v) is 4.15. The molecule has 0 bridgehead atoms. The predicted octanol–water partition coefficient (Wildman–Crippen LogP) is 2.15. The van der Waals surface area contributed by atoms with E-state index in [9.17, 15) is 14.7 Å². The average molecular weight is 286 g/mol. The number of amides is 1. The molecule has 118 valence electrons. The highest BCUT2D eigenvalue weighted by atomic mass is 16.4. The lowest BCUT2D eigenvalue weighted by atomic mass is 9.82. The van der Waals surface area contributed by atoms with E-state index in [1.54, 1.807) is 0 Å². The Hall–Kier alpha value is -1.10. The second-order valence-electron chi connectivity index (χ2n) is 5.82. The van der Waals surface area contributed by atoms with Crippen molar-refractivity contribution in [3.63, 3.8) is 0 Å². The molecular weight excluding hydrogens is 256 g/mol. The highest BCUT2D eigenvalue weighted by Crippen LogP contribution is 2.25. The van der Waals surface area contributed by atoms with Crippen LogP contribution in [0.1, 0.15) is 59.8 Å². The third-order valence-electron chi connectivity index (χ3n) is 4.15. The molecule has 0 aromatic rings. The van der Waals surface area contributed by atoms with Gasteiger partial charge >= 0.3 is 5.97 Å². The molecule has 0 rings (SSSR count). The molecule has 2 unspecified atom stereocenters. The van der Waals surface area contributed by atoms with E-state index >= 15 is 0 Å². The Balaban J connectivity index is 4.28. The molecule has 0 fully saturated rings. The van der Waals surface area contributed by atoms with Gasteiger partial charge in [0, 0.05) is 18.5 Å². The summed E-state index contributed by atoms with van der Waals surface area (Å²) in [7, 11) is 0. The zero-order valence-corrected chi connectivity index (χ0v) is 13.2. The summed E-state index contributed by atoms with van der Waals surface area (Å²) in [5.74, 6) is -1.01. The van der Waals surface area contributed by atoms with Crippen LogP contribution in [0.3, 0.4) is 0 Å². The fraction of sp³-hybridized carbons (Fsp3) is 0.867. The summed E-state index contributed by atoms with van der Waals surface area (Å²) in [4.78, 5) is 23.3. The van der Waals surface area contributed by atoms with Crippen LogP contribution in [-0.4, -0.2) is 29.6 Å². The lowest BCUT2D eigenvalue weighted by Crippen LogP contribution is -2.43. The maximum absolute atomic E-state index is 12.0. The van der Waals surface area contributed by atoms with Crippen LogP contribution in [0, 0.1) is 11.3 Å². The minimum Gasteiger partial charge on any atom is -0.481 e. The van der Waals surface area contributed by atoms with Crippen LogP contribution in [0.15, 0.2) is 0 Å². The number of hydrogen-bond acceptors (Lipinski definition) is 3. The standard InChI is InChI=1S/C15H30N2O3/c1-5-15(6-2,14(19)20)10-17-13(18)11(3)8-7-9-12(4)16/h11-12H,5-10,16H2,1-4H3,(H,17,18)(H,19,20). The number of carbonyl (C=O) groups excluding carboxylic acids is 1. The van der Waals surface area contributed by atoms with Crippen molar-refractivity contribution < 1.29 is 14.7 Å². The van der Waals surface area contributed by atoms with Crippen LogP contribution in [0.5, 0.6) is 0 Å². The van der Waals surface area contributed by atoms with Gasteiger partial charge in [0.2, 0.25) is 5.91 Å². The molecule has 0 heterocycles. The van der Waals surface area contributed by atoms with Gasteiger partial charge in [-0.3, -0.25) is 9.59 Å². The Kier molecular flexibility index (Phi) is 8.46. The van der Waals surface area contributed by atoms with E-state index in [4.69, 9.17) is 5.73 Å². The Bertz CT molecular complexity index is 312. The molecule has 20 heavy (non-hydrogen) atoms. The summed E-state index contributed by atoms with van der Waals surface area (Å²) >= 11 is 0. The number of carbonyl (C=O) groups is 2. The number of rotatable bonds is 10. The van der Waals surface area contributed by atoms with Gasteiger partial charge in [-0.05, 0) is 32.6 Å². The first-order valence-corrected chi connectivity index (χ1v) is 7.55. The molecule has 0 saturated carbocycles. The first kappa shape index (κ1) is 18.9. The Morgan fingerprint density at radius 2 is 1.75 bits per heavy atom. The van der Waals surface area contributed by atoms with Gasteiger partial charge in [-0.1, -0.05) is 27.2 Å². The van der Waals surface area contributed by atoms with Gasteiger partial charge in [0.25, 0.3) is 0 Å². The first-order chi connectivity index (χ1) is 9.29. The number of hydrogen-bond donors (Lipinski definition) is 3. The monoisotopic (exact) mass is 286 g/mol. The smallest absolute Gasteiger partial charge is 0.311 e. The fourth-order valence-electron chi connectivity index (χ4n) is 2.19. The van der Waals surface area contributed by atoms with Crippen LogP contribution in [0.25, 0.3) is 0 Å². The number of carboxylic acid groups (broad SMARTS) is 1. The summed E-state index contributed by atoms with van der Waals surface area (Å²) < 4.78 is 0. The van der Waals surface area contributed by atoms with Crippen LogP contribution in [0.4, 0.5) is 0 Å². The second-order valence-corrected chi connectivity index (χ2v) is 5.82. The number of carboxylic acids is 1. The van der Waals surface area contributed by atoms with Gasteiger partial charge in [-0.25, -0.2) is 0 Å². The van der Waals surface area contributed by atoms with Gasteiger partial charge in [0.1, 0.15) is 0 Å². The highest BCUT2D eigenvalue weighted by molar-refractivity contribution is 5.80. The SMILES string of the molecule is CCC(CC)(CNC(=O)C(C)CCCC(C)N)C(=O)O. The van der Waals surface area contributed by atoms with Crippen LogP contribution >= 0.6 is 0 Å². The molecule has 1 amide bonds. The molecule has 4 N–H and O–H groups in total. The molecule has 0 radical (unpaired) electrons. The highest BCUT2D eigenvalue weighted by Gasteiger charge is 2.35. The van der Waals surface area contributed by atoms with E-state index in [2.05, 4.69) is 5.32 Å². The summed E-state index contributed by atoms with van der Waals surface area (Å²) in [6.07, 6.45) is 3.63. The lowest BCUT2D eigenvalue weighted by Gasteiger charge is -2.27. The topological polar surface area (TPSA) is 92.4 Å². The van der Waals surface area contributed by atoms with Crippen LogP contribution < -0.4 is 11.1 Å². The van der Waals surface area contributed by atoms with Crippen molar-refractivity contribution in [3.8, 4) is 0 Å². The molecule has 2 atom stereocenters. The molecule has 0 aromatic heterocycles. The van der Waals surface area contributed by atoms with E-state index in [1.807, 2.05) is 27.7 Å². The minimum absolute atomic E-state index is 0.0674. The zero-order chi connectivity index (χ0) is 15.8. The predicted molar refractivity (Wildman–Crippen MR) is 80.3 cm³/mol. The van der Waals surface area contributed by atoms with Gasteiger partial charge in [0.05, 0.1) is 5.41 Å². The maximum Gasteiger partial charge on any atom is 0.311 e. The zero-order valence-electron chi connectivity index (χ0n) is 13.2. The maximum atomic E-state index is 12.0. The molecule has 0 aliphatic heterocycles. The van der Waals surface area contributed by atoms with Crippen molar-refractivity contribution >= 4 is 11.9 Å².